The molecule has 4 nitrogen and oxygen atoms in total. The van der Waals surface area contributed by atoms with Crippen molar-refractivity contribution in [1.82, 2.24) is 10.3 Å². The van der Waals surface area contributed by atoms with Crippen LogP contribution in [0.25, 0.3) is 0 Å². The Bertz CT molecular complexity index is 415. The van der Waals surface area contributed by atoms with Crippen LogP contribution in [0.5, 0.6) is 0 Å². The molecular formula is C15H22N2O2. The minimum Gasteiger partial charge on any atom is -0.467 e. The summed E-state index contributed by atoms with van der Waals surface area (Å²) in [5, 5.41) is 3.48. The lowest BCUT2D eigenvalue weighted by molar-refractivity contribution is -0.149. The molecule has 1 aliphatic rings. The predicted octanol–water partition coefficient (Wildman–Crippen LogP) is 2.39. The number of nitrogens with zero attached hydrogens (tertiary/aromatic N) is 1. The van der Waals surface area contributed by atoms with Gasteiger partial charge in [-0.25, -0.2) is 4.79 Å². The van der Waals surface area contributed by atoms with Crippen molar-refractivity contribution < 1.29 is 9.53 Å². The highest BCUT2D eigenvalue weighted by molar-refractivity contribution is 5.82. The Balaban J connectivity index is 2.21. The topological polar surface area (TPSA) is 51.2 Å². The van der Waals surface area contributed by atoms with Crippen LogP contribution in [-0.4, -0.2) is 24.1 Å². The minimum atomic E-state index is -0.814. The Morgan fingerprint density at radius 1 is 1.42 bits per heavy atom. The first kappa shape index (κ1) is 14.0. The maximum atomic E-state index is 12.2. The number of aromatic nitrogens is 1. The fourth-order valence-corrected chi connectivity index (χ4v) is 2.78. The maximum Gasteiger partial charge on any atom is 0.330 e. The molecule has 0 saturated heterocycles. The molecule has 1 saturated carbocycles. The molecule has 1 aromatic heterocycles. The normalized spacial score (nSPS) is 19.7. The van der Waals surface area contributed by atoms with Gasteiger partial charge in [-0.3, -0.25) is 10.3 Å². The van der Waals surface area contributed by atoms with Crippen LogP contribution in [-0.2, 0) is 15.1 Å². The van der Waals surface area contributed by atoms with E-state index >= 15 is 0 Å². The monoisotopic (exact) mass is 262 g/mol. The first-order valence-electron chi connectivity index (χ1n) is 6.93. The number of nitrogens with one attached hydrogen (secondary N) is 1. The van der Waals surface area contributed by atoms with Gasteiger partial charge in [-0.15, -0.1) is 0 Å². The van der Waals surface area contributed by atoms with Crippen molar-refractivity contribution in [2.45, 2.75) is 50.6 Å². The van der Waals surface area contributed by atoms with Crippen LogP contribution < -0.4 is 5.32 Å². The molecule has 0 radical (unpaired) electrons. The second-order valence-corrected chi connectivity index (χ2v) is 5.34. The molecule has 1 aromatic rings. The summed E-state index contributed by atoms with van der Waals surface area (Å²) >= 11 is 0. The van der Waals surface area contributed by atoms with Gasteiger partial charge in [0.05, 0.1) is 7.11 Å². The number of pyridine rings is 1. The maximum absolute atomic E-state index is 12.2. The van der Waals surface area contributed by atoms with E-state index in [1.807, 2.05) is 19.1 Å². The van der Waals surface area contributed by atoms with E-state index in [2.05, 4.69) is 10.3 Å². The summed E-state index contributed by atoms with van der Waals surface area (Å²) in [6.07, 6.45) is 9.41. The SMILES string of the molecule is COC(=O)C(C)(NC1CCCCC1)c1cccnc1. The molecule has 2 rings (SSSR count). The van der Waals surface area contributed by atoms with Crippen LogP contribution in [0, 0.1) is 0 Å². The van der Waals surface area contributed by atoms with Gasteiger partial charge in [0.2, 0.25) is 0 Å². The van der Waals surface area contributed by atoms with Crippen LogP contribution >= 0.6 is 0 Å². The minimum absolute atomic E-state index is 0.258. The van der Waals surface area contributed by atoms with E-state index in [1.165, 1.54) is 26.4 Å². The third kappa shape index (κ3) is 3.13. The molecule has 1 heterocycles. The first-order chi connectivity index (χ1) is 9.16. The van der Waals surface area contributed by atoms with Crippen LogP contribution in [0.3, 0.4) is 0 Å². The van der Waals surface area contributed by atoms with Gasteiger partial charge in [0.25, 0.3) is 0 Å². The second-order valence-electron chi connectivity index (χ2n) is 5.34. The van der Waals surface area contributed by atoms with E-state index in [0.717, 1.165) is 18.4 Å². The summed E-state index contributed by atoms with van der Waals surface area (Å²) in [4.78, 5) is 16.3. The lowest BCUT2D eigenvalue weighted by Crippen LogP contribution is -2.52. The molecule has 19 heavy (non-hydrogen) atoms. The fraction of sp³-hybridized carbons (Fsp3) is 0.600. The smallest absolute Gasteiger partial charge is 0.330 e. The molecule has 0 bridgehead atoms. The summed E-state index contributed by atoms with van der Waals surface area (Å²) in [5.41, 5.74) is 0.0396. The fourth-order valence-electron chi connectivity index (χ4n) is 2.78. The van der Waals surface area contributed by atoms with E-state index in [-0.39, 0.29) is 5.97 Å². The van der Waals surface area contributed by atoms with Gasteiger partial charge in [0.1, 0.15) is 5.54 Å². The van der Waals surface area contributed by atoms with E-state index in [4.69, 9.17) is 4.74 Å². The molecule has 1 fully saturated rings. The average Bonchev–Trinajstić information content (AvgIpc) is 2.48. The molecule has 4 heteroatoms. The number of carbonyl (C=O) groups excluding carboxylic acids is 1. The summed E-state index contributed by atoms with van der Waals surface area (Å²) in [6, 6.07) is 4.14. The average molecular weight is 262 g/mol. The van der Waals surface area contributed by atoms with Gasteiger partial charge in [0.15, 0.2) is 0 Å². The van der Waals surface area contributed by atoms with Gasteiger partial charge < -0.3 is 4.74 Å². The van der Waals surface area contributed by atoms with E-state index < -0.39 is 5.54 Å². The van der Waals surface area contributed by atoms with Gasteiger partial charge in [0, 0.05) is 24.0 Å². The Hall–Kier alpha value is -1.42. The van der Waals surface area contributed by atoms with Crippen molar-refractivity contribution in [3.63, 3.8) is 0 Å². The standard InChI is InChI=1S/C15H22N2O2/c1-15(14(18)19-2,12-7-6-10-16-11-12)17-13-8-4-3-5-9-13/h6-7,10-11,13,17H,3-5,8-9H2,1-2H3. The van der Waals surface area contributed by atoms with Crippen molar-refractivity contribution in [3.8, 4) is 0 Å². The van der Waals surface area contributed by atoms with Gasteiger partial charge in [-0.1, -0.05) is 25.3 Å². The first-order valence-corrected chi connectivity index (χ1v) is 6.93. The molecule has 1 N–H and O–H groups in total. The lowest BCUT2D eigenvalue weighted by Gasteiger charge is -2.34. The molecule has 0 aromatic carbocycles. The highest BCUT2D eigenvalue weighted by Crippen LogP contribution is 2.26. The highest BCUT2D eigenvalue weighted by Gasteiger charge is 2.38. The molecular weight excluding hydrogens is 240 g/mol. The molecule has 1 aliphatic carbocycles. The van der Waals surface area contributed by atoms with Crippen LogP contribution in [0.1, 0.15) is 44.6 Å². The molecule has 1 unspecified atom stereocenters. The quantitative estimate of drug-likeness (QED) is 0.847. The van der Waals surface area contributed by atoms with Gasteiger partial charge in [-0.05, 0) is 25.8 Å². The Morgan fingerprint density at radius 2 is 2.16 bits per heavy atom. The summed E-state index contributed by atoms with van der Waals surface area (Å²) in [5.74, 6) is -0.258. The number of carbonyl (C=O) groups is 1. The highest BCUT2D eigenvalue weighted by atomic mass is 16.5. The van der Waals surface area contributed by atoms with Crippen LogP contribution in [0.2, 0.25) is 0 Å². The van der Waals surface area contributed by atoms with Gasteiger partial charge in [-0.2, -0.15) is 0 Å². The Labute approximate surface area is 114 Å². The molecule has 0 spiro atoms. The van der Waals surface area contributed by atoms with E-state index in [9.17, 15) is 4.79 Å². The summed E-state index contributed by atoms with van der Waals surface area (Å²) in [7, 11) is 1.43. The zero-order valence-corrected chi connectivity index (χ0v) is 11.7. The van der Waals surface area contributed by atoms with Crippen molar-refractivity contribution in [1.29, 1.82) is 0 Å². The molecule has 0 aliphatic heterocycles. The van der Waals surface area contributed by atoms with Gasteiger partial charge >= 0.3 is 5.97 Å². The van der Waals surface area contributed by atoms with Crippen molar-refractivity contribution in [2.24, 2.45) is 0 Å². The van der Waals surface area contributed by atoms with E-state index in [1.54, 1.807) is 12.4 Å². The third-order valence-corrected chi connectivity index (χ3v) is 3.93. The molecule has 1 atom stereocenters. The summed E-state index contributed by atoms with van der Waals surface area (Å²) in [6.45, 7) is 1.88. The Kier molecular flexibility index (Phi) is 4.53. The molecule has 0 amide bonds. The number of methoxy groups -OCH3 is 1. The number of hydrogen-bond acceptors (Lipinski definition) is 4. The summed E-state index contributed by atoms with van der Waals surface area (Å²) < 4.78 is 4.98. The lowest BCUT2D eigenvalue weighted by atomic mass is 9.88. The zero-order chi connectivity index (χ0) is 13.7. The molecule has 104 valence electrons. The second kappa shape index (κ2) is 6.15. The van der Waals surface area contributed by atoms with Crippen LogP contribution in [0.15, 0.2) is 24.5 Å². The largest absolute Gasteiger partial charge is 0.467 e. The zero-order valence-electron chi connectivity index (χ0n) is 11.7. The van der Waals surface area contributed by atoms with Crippen molar-refractivity contribution in [3.05, 3.63) is 30.1 Å². The third-order valence-electron chi connectivity index (χ3n) is 3.93. The van der Waals surface area contributed by atoms with Crippen LogP contribution in [0.4, 0.5) is 0 Å². The van der Waals surface area contributed by atoms with Crippen molar-refractivity contribution in [2.75, 3.05) is 7.11 Å². The van der Waals surface area contributed by atoms with E-state index in [0.29, 0.717) is 6.04 Å². The number of ether oxygens (including phenoxy) is 1. The Morgan fingerprint density at radius 3 is 2.74 bits per heavy atom. The van der Waals surface area contributed by atoms with Crippen molar-refractivity contribution >= 4 is 5.97 Å². The number of esters is 1. The predicted molar refractivity (Wildman–Crippen MR) is 73.6 cm³/mol. The number of rotatable bonds is 4. The number of hydrogen-bond donors (Lipinski definition) is 1.